The molecule has 10 nitrogen and oxygen atoms in total. The van der Waals surface area contributed by atoms with Crippen molar-refractivity contribution < 1.29 is 32.2 Å². The second-order valence-corrected chi connectivity index (χ2v) is 8.91. The smallest absolute Gasteiger partial charge is 0.253 e. The number of benzene rings is 2. The molecule has 0 saturated carbocycles. The van der Waals surface area contributed by atoms with Gasteiger partial charge < -0.3 is 24.8 Å². The largest absolute Gasteiger partial charge is 0.454 e. The van der Waals surface area contributed by atoms with E-state index in [2.05, 4.69) is 10.6 Å². The molecule has 32 heavy (non-hydrogen) atoms. The normalized spacial score (nSPS) is 12.3. The summed E-state index contributed by atoms with van der Waals surface area (Å²) in [6, 6.07) is 11.1. The first-order valence-corrected chi connectivity index (χ1v) is 11.7. The van der Waals surface area contributed by atoms with Crippen LogP contribution in [0.15, 0.2) is 42.5 Å². The van der Waals surface area contributed by atoms with Crippen LogP contribution in [0.3, 0.4) is 0 Å². The van der Waals surface area contributed by atoms with Gasteiger partial charge in [0.25, 0.3) is 5.91 Å². The van der Waals surface area contributed by atoms with Crippen LogP contribution in [0, 0.1) is 0 Å². The Morgan fingerprint density at radius 3 is 2.62 bits per heavy atom. The van der Waals surface area contributed by atoms with Gasteiger partial charge in [-0.3, -0.25) is 13.9 Å². The van der Waals surface area contributed by atoms with E-state index in [1.807, 2.05) is 0 Å². The number of hydrogen-bond donors (Lipinski definition) is 2. The topological polar surface area (TPSA) is 123 Å². The number of para-hydroxylation sites is 1. The van der Waals surface area contributed by atoms with Gasteiger partial charge in [-0.25, -0.2) is 8.42 Å². The number of amides is 2. The molecule has 0 fully saturated rings. The third-order valence-corrected chi connectivity index (χ3v) is 5.73. The van der Waals surface area contributed by atoms with Crippen LogP contribution in [0.25, 0.3) is 0 Å². The first-order chi connectivity index (χ1) is 15.3. The van der Waals surface area contributed by atoms with Crippen molar-refractivity contribution in [1.29, 1.82) is 0 Å². The van der Waals surface area contributed by atoms with E-state index in [1.165, 1.54) is 12.1 Å². The number of anilines is 2. The van der Waals surface area contributed by atoms with E-state index >= 15 is 0 Å². The van der Waals surface area contributed by atoms with Crippen LogP contribution in [-0.2, 0) is 19.6 Å². The van der Waals surface area contributed by atoms with Gasteiger partial charge in [0.2, 0.25) is 22.7 Å². The molecule has 0 unspecified atom stereocenters. The highest BCUT2D eigenvalue weighted by Crippen LogP contribution is 2.36. The van der Waals surface area contributed by atoms with Crippen molar-refractivity contribution in [3.63, 3.8) is 0 Å². The maximum absolute atomic E-state index is 12.7. The van der Waals surface area contributed by atoms with Gasteiger partial charge in [0, 0.05) is 26.3 Å². The zero-order valence-corrected chi connectivity index (χ0v) is 18.6. The van der Waals surface area contributed by atoms with Crippen molar-refractivity contribution >= 4 is 33.2 Å². The van der Waals surface area contributed by atoms with E-state index in [9.17, 15) is 18.0 Å². The lowest BCUT2D eigenvalue weighted by Crippen LogP contribution is -2.37. The molecule has 1 aliphatic heterocycles. The summed E-state index contributed by atoms with van der Waals surface area (Å²) in [5, 5.41) is 5.39. The lowest BCUT2D eigenvalue weighted by molar-refractivity contribution is -0.114. The molecule has 1 aliphatic rings. The highest BCUT2D eigenvalue weighted by atomic mass is 32.2. The Morgan fingerprint density at radius 1 is 1.12 bits per heavy atom. The standard InChI is InChI=1S/C21H25N3O7S/c1-29-11-5-10-22-21(26)16-6-3-4-7-17(16)23-20(25)13-24(32(2,27)28)15-8-9-18-19(12-15)31-14-30-18/h3-4,6-9,12H,5,10-11,13-14H2,1-2H3,(H,22,26)(H,23,25). The second-order valence-electron chi connectivity index (χ2n) is 7.00. The van der Waals surface area contributed by atoms with Gasteiger partial charge in [-0.1, -0.05) is 12.1 Å². The molecule has 1 heterocycles. The van der Waals surface area contributed by atoms with Gasteiger partial charge in [0.1, 0.15) is 6.54 Å². The molecule has 0 atom stereocenters. The fourth-order valence-corrected chi connectivity index (χ4v) is 3.91. The number of carbonyl (C=O) groups excluding carboxylic acids is 2. The van der Waals surface area contributed by atoms with Crippen molar-refractivity contribution in [3.8, 4) is 11.5 Å². The number of ether oxygens (including phenoxy) is 3. The zero-order valence-electron chi connectivity index (χ0n) is 17.8. The third kappa shape index (κ3) is 5.89. The number of rotatable bonds is 10. The van der Waals surface area contributed by atoms with E-state index < -0.39 is 22.5 Å². The molecule has 0 radical (unpaired) electrons. The third-order valence-electron chi connectivity index (χ3n) is 4.59. The molecule has 3 rings (SSSR count). The number of carbonyl (C=O) groups is 2. The zero-order chi connectivity index (χ0) is 23.1. The molecule has 0 saturated heterocycles. The molecule has 0 aromatic heterocycles. The second kappa shape index (κ2) is 10.3. The number of nitrogens with one attached hydrogen (secondary N) is 2. The molecule has 2 aromatic rings. The minimum Gasteiger partial charge on any atom is -0.454 e. The summed E-state index contributed by atoms with van der Waals surface area (Å²) in [5.41, 5.74) is 0.809. The number of sulfonamides is 1. The Hall–Kier alpha value is -3.31. The maximum Gasteiger partial charge on any atom is 0.253 e. The van der Waals surface area contributed by atoms with Gasteiger partial charge >= 0.3 is 0 Å². The summed E-state index contributed by atoms with van der Waals surface area (Å²) in [4.78, 5) is 25.2. The number of nitrogens with zero attached hydrogens (tertiary/aromatic N) is 1. The quantitative estimate of drug-likeness (QED) is 0.513. The van der Waals surface area contributed by atoms with E-state index in [-0.39, 0.29) is 29.6 Å². The molecule has 2 N–H and O–H groups in total. The van der Waals surface area contributed by atoms with Crippen molar-refractivity contribution in [2.24, 2.45) is 0 Å². The summed E-state index contributed by atoms with van der Waals surface area (Å²) in [6.07, 6.45) is 1.65. The minimum absolute atomic E-state index is 0.0441. The minimum atomic E-state index is -3.78. The van der Waals surface area contributed by atoms with Crippen LogP contribution < -0.4 is 24.4 Å². The molecule has 11 heteroatoms. The molecule has 172 valence electrons. The highest BCUT2D eigenvalue weighted by molar-refractivity contribution is 7.92. The highest BCUT2D eigenvalue weighted by Gasteiger charge is 2.24. The van der Waals surface area contributed by atoms with E-state index in [0.29, 0.717) is 31.1 Å². The summed E-state index contributed by atoms with van der Waals surface area (Å²) in [5.74, 6) is -0.0652. The Bertz CT molecular complexity index is 1090. The molecule has 0 aliphatic carbocycles. The predicted octanol–water partition coefficient (Wildman–Crippen LogP) is 1.59. The van der Waals surface area contributed by atoms with Gasteiger partial charge in [0.15, 0.2) is 11.5 Å². The molecule has 2 aromatic carbocycles. The summed E-state index contributed by atoms with van der Waals surface area (Å²) < 4.78 is 41.2. The van der Waals surface area contributed by atoms with E-state index in [1.54, 1.807) is 37.4 Å². The average Bonchev–Trinajstić information content (AvgIpc) is 3.22. The van der Waals surface area contributed by atoms with Crippen LogP contribution in [0.4, 0.5) is 11.4 Å². The van der Waals surface area contributed by atoms with Crippen molar-refractivity contribution in [2.75, 3.05) is 49.5 Å². The van der Waals surface area contributed by atoms with Crippen molar-refractivity contribution in [1.82, 2.24) is 5.32 Å². The van der Waals surface area contributed by atoms with E-state index in [0.717, 1.165) is 10.6 Å². The van der Waals surface area contributed by atoms with Gasteiger partial charge in [0.05, 0.1) is 23.2 Å². The van der Waals surface area contributed by atoms with Crippen molar-refractivity contribution in [3.05, 3.63) is 48.0 Å². The lowest BCUT2D eigenvalue weighted by atomic mass is 10.1. The fraction of sp³-hybridized carbons (Fsp3) is 0.333. The molecular weight excluding hydrogens is 438 g/mol. The molecule has 2 amide bonds. The van der Waals surface area contributed by atoms with Gasteiger partial charge in [-0.2, -0.15) is 0 Å². The van der Waals surface area contributed by atoms with Crippen LogP contribution in [-0.4, -0.2) is 60.1 Å². The number of methoxy groups -OCH3 is 1. The van der Waals surface area contributed by atoms with Crippen LogP contribution >= 0.6 is 0 Å². The van der Waals surface area contributed by atoms with Crippen molar-refractivity contribution in [2.45, 2.75) is 6.42 Å². The summed E-state index contributed by atoms with van der Waals surface area (Å²) >= 11 is 0. The van der Waals surface area contributed by atoms with Crippen LogP contribution in [0.1, 0.15) is 16.8 Å². The monoisotopic (exact) mass is 463 g/mol. The molecule has 0 spiro atoms. The Kier molecular flexibility index (Phi) is 7.54. The molecular formula is C21H25N3O7S. The molecule has 0 bridgehead atoms. The summed E-state index contributed by atoms with van der Waals surface area (Å²) in [6.45, 7) is 0.492. The lowest BCUT2D eigenvalue weighted by Gasteiger charge is -2.22. The maximum atomic E-state index is 12.7. The van der Waals surface area contributed by atoms with Gasteiger partial charge in [-0.15, -0.1) is 0 Å². The number of hydrogen-bond acceptors (Lipinski definition) is 7. The van der Waals surface area contributed by atoms with Crippen LogP contribution in [0.5, 0.6) is 11.5 Å². The van der Waals surface area contributed by atoms with Gasteiger partial charge in [-0.05, 0) is 30.7 Å². The van der Waals surface area contributed by atoms with E-state index in [4.69, 9.17) is 14.2 Å². The van der Waals surface area contributed by atoms with Crippen LogP contribution in [0.2, 0.25) is 0 Å². The predicted molar refractivity (Wildman–Crippen MR) is 119 cm³/mol. The fourth-order valence-electron chi connectivity index (χ4n) is 3.06. The first-order valence-electron chi connectivity index (χ1n) is 9.83. The Labute approximate surface area is 186 Å². The first kappa shape index (κ1) is 23.4. The number of fused-ring (bicyclic) bond motifs is 1. The summed E-state index contributed by atoms with van der Waals surface area (Å²) in [7, 11) is -2.20. The Morgan fingerprint density at radius 2 is 1.88 bits per heavy atom. The Balaban J connectivity index is 1.73. The average molecular weight is 464 g/mol. The SMILES string of the molecule is COCCCNC(=O)c1ccccc1NC(=O)CN(c1ccc2c(c1)OCO2)S(C)(=O)=O.